The van der Waals surface area contributed by atoms with Crippen LogP contribution in [0.4, 0.5) is 0 Å². The van der Waals surface area contributed by atoms with Crippen LogP contribution in [-0.2, 0) is 16.1 Å². The van der Waals surface area contributed by atoms with E-state index in [4.69, 9.17) is 16.3 Å². The number of hydrogen-bond acceptors (Lipinski definition) is 4. The average molecular weight is 297 g/mol. The number of pyridine rings is 1. The maximum absolute atomic E-state index is 12.2. The van der Waals surface area contributed by atoms with Crippen LogP contribution in [0.1, 0.15) is 39.3 Å². The van der Waals surface area contributed by atoms with Gasteiger partial charge in [0.05, 0.1) is 5.69 Å². The van der Waals surface area contributed by atoms with E-state index in [0.29, 0.717) is 11.6 Å². The molecule has 0 aliphatic carbocycles. The molecule has 0 unspecified atom stereocenters. The third-order valence-electron chi connectivity index (χ3n) is 3.19. The van der Waals surface area contributed by atoms with Crippen LogP contribution in [0.2, 0.25) is 5.02 Å². The summed E-state index contributed by atoms with van der Waals surface area (Å²) in [6, 6.07) is 3.42. The largest absolute Gasteiger partial charge is 0.459 e. The second-order valence-corrected chi connectivity index (χ2v) is 6.56. The minimum atomic E-state index is -0.445. The Morgan fingerprint density at radius 1 is 1.55 bits per heavy atom. The predicted molar refractivity (Wildman–Crippen MR) is 78.5 cm³/mol. The summed E-state index contributed by atoms with van der Waals surface area (Å²) in [5.41, 5.74) is 0.438. The van der Waals surface area contributed by atoms with Crippen LogP contribution in [0, 0.1) is 0 Å². The molecule has 1 aliphatic rings. The van der Waals surface area contributed by atoms with Gasteiger partial charge in [-0.2, -0.15) is 0 Å². The summed E-state index contributed by atoms with van der Waals surface area (Å²) in [7, 11) is 0. The molecule has 20 heavy (non-hydrogen) atoms. The first-order valence-corrected chi connectivity index (χ1v) is 7.30. The van der Waals surface area contributed by atoms with Crippen molar-refractivity contribution in [1.29, 1.82) is 0 Å². The number of ether oxygens (including phenoxy) is 1. The summed E-state index contributed by atoms with van der Waals surface area (Å²) < 4.78 is 5.49. The van der Waals surface area contributed by atoms with Gasteiger partial charge in [0.15, 0.2) is 0 Å². The zero-order chi connectivity index (χ0) is 14.8. The number of hydrogen-bond donors (Lipinski definition) is 0. The second-order valence-electron chi connectivity index (χ2n) is 6.13. The molecule has 4 nitrogen and oxygen atoms in total. The quantitative estimate of drug-likeness (QED) is 0.804. The molecule has 1 atom stereocenters. The summed E-state index contributed by atoms with van der Waals surface area (Å²) in [5, 5.41) is 0.669. The number of carbonyl (C=O) groups is 1. The highest BCUT2D eigenvalue weighted by Crippen LogP contribution is 2.23. The molecule has 1 aromatic rings. The zero-order valence-corrected chi connectivity index (χ0v) is 13.0. The first-order chi connectivity index (χ1) is 9.35. The monoisotopic (exact) mass is 296 g/mol. The van der Waals surface area contributed by atoms with Gasteiger partial charge in [0.2, 0.25) is 0 Å². The van der Waals surface area contributed by atoms with Gasteiger partial charge in [-0.15, -0.1) is 0 Å². The maximum atomic E-state index is 12.2. The molecule has 0 spiro atoms. The minimum Gasteiger partial charge on any atom is -0.459 e. The van der Waals surface area contributed by atoms with Crippen LogP contribution >= 0.6 is 11.6 Å². The average Bonchev–Trinajstić information content (AvgIpc) is 2.75. The molecule has 1 aromatic heterocycles. The SMILES string of the molecule is CC(C)(C)OC(=O)[C@H]1CCCN1Cc1cc(Cl)ccn1. The lowest BCUT2D eigenvalue weighted by Crippen LogP contribution is -2.40. The second kappa shape index (κ2) is 6.10. The van der Waals surface area contributed by atoms with Gasteiger partial charge in [-0.3, -0.25) is 14.7 Å². The van der Waals surface area contributed by atoms with Crippen molar-refractivity contribution in [2.45, 2.75) is 51.8 Å². The first kappa shape index (κ1) is 15.3. The maximum Gasteiger partial charge on any atom is 0.323 e. The number of halogens is 1. The fourth-order valence-electron chi connectivity index (χ4n) is 2.40. The fourth-order valence-corrected chi connectivity index (χ4v) is 2.58. The lowest BCUT2D eigenvalue weighted by molar-refractivity contribution is -0.160. The smallest absolute Gasteiger partial charge is 0.323 e. The summed E-state index contributed by atoms with van der Waals surface area (Å²) in [6.45, 7) is 7.19. The Morgan fingerprint density at radius 2 is 2.30 bits per heavy atom. The Balaban J connectivity index is 2.02. The molecule has 2 heterocycles. The van der Waals surface area contributed by atoms with E-state index in [9.17, 15) is 4.79 Å². The van der Waals surface area contributed by atoms with Gasteiger partial charge in [-0.25, -0.2) is 0 Å². The molecule has 1 fully saturated rings. The lowest BCUT2D eigenvalue weighted by Gasteiger charge is -2.27. The number of aromatic nitrogens is 1. The first-order valence-electron chi connectivity index (χ1n) is 6.92. The number of rotatable bonds is 3. The van der Waals surface area contributed by atoms with Crippen LogP contribution in [0.5, 0.6) is 0 Å². The van der Waals surface area contributed by atoms with Gasteiger partial charge >= 0.3 is 5.97 Å². The third kappa shape index (κ3) is 4.18. The molecule has 0 bridgehead atoms. The molecular formula is C15H21ClN2O2. The Labute approximate surface area is 125 Å². The number of esters is 1. The normalized spacial score (nSPS) is 20.1. The van der Waals surface area contributed by atoms with Crippen molar-refractivity contribution in [1.82, 2.24) is 9.88 Å². The number of carbonyl (C=O) groups excluding carboxylic acids is 1. The topological polar surface area (TPSA) is 42.4 Å². The Bertz CT molecular complexity index is 485. The summed E-state index contributed by atoms with van der Waals surface area (Å²) in [6.07, 6.45) is 3.54. The number of nitrogens with zero attached hydrogens (tertiary/aromatic N) is 2. The van der Waals surface area contributed by atoms with Gasteiger partial charge in [-0.05, 0) is 52.3 Å². The van der Waals surface area contributed by atoms with E-state index in [2.05, 4.69) is 9.88 Å². The van der Waals surface area contributed by atoms with Gasteiger partial charge in [0, 0.05) is 17.8 Å². The Morgan fingerprint density at radius 3 is 2.95 bits per heavy atom. The third-order valence-corrected chi connectivity index (χ3v) is 3.42. The van der Waals surface area contributed by atoms with E-state index >= 15 is 0 Å². The lowest BCUT2D eigenvalue weighted by atomic mass is 10.1. The Hall–Kier alpha value is -1.13. The molecular weight excluding hydrogens is 276 g/mol. The fraction of sp³-hybridized carbons (Fsp3) is 0.600. The van der Waals surface area contributed by atoms with Crippen LogP contribution in [-0.4, -0.2) is 34.0 Å². The molecule has 1 saturated heterocycles. The summed E-state index contributed by atoms with van der Waals surface area (Å²) in [4.78, 5) is 18.6. The van der Waals surface area contributed by atoms with Crippen molar-refractivity contribution >= 4 is 17.6 Å². The van der Waals surface area contributed by atoms with E-state index in [0.717, 1.165) is 25.1 Å². The van der Waals surface area contributed by atoms with Gasteiger partial charge in [0.25, 0.3) is 0 Å². The zero-order valence-electron chi connectivity index (χ0n) is 12.2. The number of likely N-dealkylation sites (tertiary alicyclic amines) is 1. The Kier molecular flexibility index (Phi) is 4.66. The molecule has 0 radical (unpaired) electrons. The van der Waals surface area contributed by atoms with E-state index in [1.165, 1.54) is 0 Å². The summed E-state index contributed by atoms with van der Waals surface area (Å²) in [5.74, 6) is -0.142. The van der Waals surface area contributed by atoms with E-state index in [1.807, 2.05) is 26.8 Å². The highest BCUT2D eigenvalue weighted by molar-refractivity contribution is 6.30. The molecule has 0 aromatic carbocycles. The molecule has 110 valence electrons. The van der Waals surface area contributed by atoms with Crippen molar-refractivity contribution in [3.05, 3.63) is 29.0 Å². The van der Waals surface area contributed by atoms with Gasteiger partial charge in [0.1, 0.15) is 11.6 Å². The molecule has 5 heteroatoms. The summed E-state index contributed by atoms with van der Waals surface area (Å²) >= 11 is 5.97. The van der Waals surface area contributed by atoms with E-state index < -0.39 is 5.60 Å². The van der Waals surface area contributed by atoms with Crippen molar-refractivity contribution < 1.29 is 9.53 Å². The van der Waals surface area contributed by atoms with Crippen molar-refractivity contribution in [3.8, 4) is 0 Å². The van der Waals surface area contributed by atoms with Crippen molar-refractivity contribution in [2.24, 2.45) is 0 Å². The van der Waals surface area contributed by atoms with E-state index in [-0.39, 0.29) is 12.0 Å². The molecule has 0 N–H and O–H groups in total. The standard InChI is InChI=1S/C15H21ClN2O2/c1-15(2,3)20-14(19)13-5-4-8-18(13)10-12-9-11(16)6-7-17-12/h6-7,9,13H,4-5,8,10H2,1-3H3/t13-/m1/s1. The minimum absolute atomic E-state index is 0.142. The van der Waals surface area contributed by atoms with Crippen LogP contribution < -0.4 is 0 Å². The van der Waals surface area contributed by atoms with Crippen molar-refractivity contribution in [3.63, 3.8) is 0 Å². The van der Waals surface area contributed by atoms with E-state index in [1.54, 1.807) is 12.3 Å². The van der Waals surface area contributed by atoms with Crippen LogP contribution in [0.15, 0.2) is 18.3 Å². The molecule has 0 amide bonds. The van der Waals surface area contributed by atoms with Crippen LogP contribution in [0.3, 0.4) is 0 Å². The van der Waals surface area contributed by atoms with Gasteiger partial charge in [-0.1, -0.05) is 11.6 Å². The van der Waals surface area contributed by atoms with Gasteiger partial charge < -0.3 is 4.74 Å². The van der Waals surface area contributed by atoms with Crippen molar-refractivity contribution in [2.75, 3.05) is 6.54 Å². The molecule has 0 saturated carbocycles. The molecule has 1 aliphatic heterocycles. The predicted octanol–water partition coefficient (Wildman–Crippen LogP) is 3.04. The molecule has 2 rings (SSSR count). The van der Waals surface area contributed by atoms with Crippen LogP contribution in [0.25, 0.3) is 0 Å². The highest BCUT2D eigenvalue weighted by atomic mass is 35.5. The highest BCUT2D eigenvalue weighted by Gasteiger charge is 2.34.